The SMILES string of the molecule is CN=C(NCc1nc(C(C)C)c(C)s1)NCc1ccnn1C.I. The number of aryl methyl sites for hydroxylation is 2. The van der Waals surface area contributed by atoms with Gasteiger partial charge in [-0.1, -0.05) is 13.8 Å². The highest BCUT2D eigenvalue weighted by Crippen LogP contribution is 2.23. The molecule has 0 unspecified atom stereocenters. The normalized spacial score (nSPS) is 11.5. The Kier molecular flexibility index (Phi) is 7.97. The van der Waals surface area contributed by atoms with Crippen molar-refractivity contribution in [1.82, 2.24) is 25.4 Å². The van der Waals surface area contributed by atoms with Crippen LogP contribution in [0.3, 0.4) is 0 Å². The van der Waals surface area contributed by atoms with Crippen molar-refractivity contribution in [2.75, 3.05) is 7.05 Å². The van der Waals surface area contributed by atoms with Crippen molar-refractivity contribution in [2.45, 2.75) is 39.8 Å². The van der Waals surface area contributed by atoms with Crippen molar-refractivity contribution >= 4 is 41.3 Å². The van der Waals surface area contributed by atoms with E-state index in [-0.39, 0.29) is 24.0 Å². The highest BCUT2D eigenvalue weighted by Gasteiger charge is 2.11. The number of aliphatic imine (C=N–C) groups is 1. The molecular weight excluding hydrogens is 423 g/mol. The van der Waals surface area contributed by atoms with E-state index < -0.39 is 0 Å². The highest BCUT2D eigenvalue weighted by molar-refractivity contribution is 14.0. The Hall–Kier alpha value is -1.16. The van der Waals surface area contributed by atoms with Gasteiger partial charge in [-0.05, 0) is 18.9 Å². The molecule has 0 fully saturated rings. The van der Waals surface area contributed by atoms with E-state index in [2.05, 4.69) is 41.5 Å². The average molecular weight is 448 g/mol. The minimum absolute atomic E-state index is 0. The van der Waals surface area contributed by atoms with Crippen molar-refractivity contribution in [3.05, 3.63) is 33.5 Å². The van der Waals surface area contributed by atoms with Crippen molar-refractivity contribution in [3.8, 4) is 0 Å². The van der Waals surface area contributed by atoms with Gasteiger partial charge in [-0.3, -0.25) is 9.67 Å². The molecule has 2 aromatic rings. The van der Waals surface area contributed by atoms with E-state index in [0.29, 0.717) is 19.0 Å². The van der Waals surface area contributed by atoms with E-state index in [1.165, 1.54) is 10.6 Å². The number of nitrogens with one attached hydrogen (secondary N) is 2. The van der Waals surface area contributed by atoms with E-state index in [4.69, 9.17) is 4.98 Å². The number of guanidine groups is 1. The maximum Gasteiger partial charge on any atom is 0.191 e. The number of halogens is 1. The van der Waals surface area contributed by atoms with Crippen LogP contribution >= 0.6 is 35.3 Å². The fraction of sp³-hybridized carbons (Fsp3) is 0.533. The lowest BCUT2D eigenvalue weighted by molar-refractivity contribution is 0.684. The molecule has 0 aromatic carbocycles. The molecule has 0 bridgehead atoms. The molecule has 0 saturated carbocycles. The zero-order chi connectivity index (χ0) is 16.1. The van der Waals surface area contributed by atoms with Gasteiger partial charge in [0, 0.05) is 25.2 Å². The lowest BCUT2D eigenvalue weighted by Crippen LogP contribution is -2.36. The molecule has 8 heteroatoms. The fourth-order valence-corrected chi connectivity index (χ4v) is 3.23. The topological polar surface area (TPSA) is 67.1 Å². The van der Waals surface area contributed by atoms with Crippen LogP contribution < -0.4 is 10.6 Å². The van der Waals surface area contributed by atoms with Gasteiger partial charge in [0.1, 0.15) is 5.01 Å². The van der Waals surface area contributed by atoms with Crippen LogP contribution in [0.25, 0.3) is 0 Å². The molecule has 0 atom stereocenters. The Morgan fingerprint density at radius 2 is 2.04 bits per heavy atom. The Bertz CT molecular complexity index is 646. The maximum atomic E-state index is 4.70. The van der Waals surface area contributed by atoms with Gasteiger partial charge in [0.2, 0.25) is 0 Å². The van der Waals surface area contributed by atoms with Crippen LogP contribution in [0.15, 0.2) is 17.3 Å². The Balaban J connectivity index is 0.00000264. The minimum atomic E-state index is 0. The standard InChI is InChI=1S/C15H24N6S.HI/c1-10(2)14-11(3)22-13(20-14)9-18-15(16-4)17-8-12-6-7-19-21(12)5;/h6-7,10H,8-9H2,1-5H3,(H2,16,17,18);1H. The first-order chi connectivity index (χ1) is 10.5. The second-order valence-electron chi connectivity index (χ2n) is 5.43. The van der Waals surface area contributed by atoms with Crippen LogP contribution in [-0.4, -0.2) is 27.8 Å². The third-order valence-electron chi connectivity index (χ3n) is 3.41. The van der Waals surface area contributed by atoms with Gasteiger partial charge >= 0.3 is 0 Å². The van der Waals surface area contributed by atoms with Crippen molar-refractivity contribution in [2.24, 2.45) is 12.0 Å². The molecule has 0 radical (unpaired) electrons. The Morgan fingerprint density at radius 3 is 2.57 bits per heavy atom. The quantitative estimate of drug-likeness (QED) is 0.420. The smallest absolute Gasteiger partial charge is 0.191 e. The molecule has 0 aliphatic heterocycles. The summed E-state index contributed by atoms with van der Waals surface area (Å²) < 4.78 is 1.85. The summed E-state index contributed by atoms with van der Waals surface area (Å²) in [6.45, 7) is 7.85. The van der Waals surface area contributed by atoms with Crippen LogP contribution in [-0.2, 0) is 20.1 Å². The molecule has 0 saturated heterocycles. The summed E-state index contributed by atoms with van der Waals surface area (Å²) in [6.07, 6.45) is 1.79. The van der Waals surface area contributed by atoms with Crippen LogP contribution in [0.4, 0.5) is 0 Å². The zero-order valence-electron chi connectivity index (χ0n) is 14.3. The number of aromatic nitrogens is 3. The lowest BCUT2D eigenvalue weighted by atomic mass is 10.1. The molecule has 23 heavy (non-hydrogen) atoms. The van der Waals surface area contributed by atoms with E-state index >= 15 is 0 Å². The molecule has 128 valence electrons. The van der Waals surface area contributed by atoms with Crippen LogP contribution in [0.5, 0.6) is 0 Å². The number of nitrogens with zero attached hydrogens (tertiary/aromatic N) is 4. The van der Waals surface area contributed by atoms with E-state index in [0.717, 1.165) is 16.7 Å². The third-order valence-corrected chi connectivity index (χ3v) is 4.40. The number of hydrogen-bond donors (Lipinski definition) is 2. The first kappa shape index (κ1) is 19.9. The molecule has 0 amide bonds. The number of rotatable bonds is 5. The maximum absolute atomic E-state index is 4.70. The summed E-state index contributed by atoms with van der Waals surface area (Å²) in [5.41, 5.74) is 2.30. The Morgan fingerprint density at radius 1 is 1.35 bits per heavy atom. The van der Waals surface area contributed by atoms with Crippen molar-refractivity contribution < 1.29 is 0 Å². The molecule has 6 nitrogen and oxygen atoms in total. The largest absolute Gasteiger partial charge is 0.351 e. The summed E-state index contributed by atoms with van der Waals surface area (Å²) in [7, 11) is 3.70. The molecule has 0 spiro atoms. The Labute approximate surface area is 158 Å². The molecule has 2 heterocycles. The van der Waals surface area contributed by atoms with Gasteiger partial charge in [-0.15, -0.1) is 35.3 Å². The van der Waals surface area contributed by atoms with Gasteiger partial charge in [0.15, 0.2) is 5.96 Å². The van der Waals surface area contributed by atoms with Gasteiger partial charge < -0.3 is 10.6 Å². The molecule has 2 aromatic heterocycles. The second kappa shape index (κ2) is 9.21. The first-order valence-electron chi connectivity index (χ1n) is 7.38. The predicted octanol–water partition coefficient (Wildman–Crippen LogP) is 2.79. The van der Waals surface area contributed by atoms with E-state index in [9.17, 15) is 0 Å². The second-order valence-corrected chi connectivity index (χ2v) is 6.72. The van der Waals surface area contributed by atoms with E-state index in [1.54, 1.807) is 24.6 Å². The zero-order valence-corrected chi connectivity index (χ0v) is 17.4. The molecule has 2 N–H and O–H groups in total. The number of thiazole rings is 1. The molecule has 2 rings (SSSR count). The van der Waals surface area contributed by atoms with E-state index in [1.807, 2.05) is 17.8 Å². The fourth-order valence-electron chi connectivity index (χ4n) is 2.21. The average Bonchev–Trinajstić information content (AvgIpc) is 3.05. The van der Waals surface area contributed by atoms with Gasteiger partial charge in [-0.25, -0.2) is 4.98 Å². The van der Waals surface area contributed by atoms with Gasteiger partial charge in [0.05, 0.1) is 24.5 Å². The minimum Gasteiger partial charge on any atom is -0.351 e. The molecule has 0 aliphatic carbocycles. The summed E-state index contributed by atoms with van der Waals surface area (Å²) in [5, 5.41) is 11.8. The summed E-state index contributed by atoms with van der Waals surface area (Å²) in [5.74, 6) is 1.23. The molecular formula is C15H25IN6S. The first-order valence-corrected chi connectivity index (χ1v) is 8.20. The predicted molar refractivity (Wildman–Crippen MR) is 107 cm³/mol. The summed E-state index contributed by atoms with van der Waals surface area (Å²) in [6, 6.07) is 1.99. The molecule has 0 aliphatic rings. The van der Waals surface area contributed by atoms with Crippen molar-refractivity contribution in [1.29, 1.82) is 0 Å². The van der Waals surface area contributed by atoms with Crippen LogP contribution in [0.2, 0.25) is 0 Å². The van der Waals surface area contributed by atoms with Gasteiger partial charge in [0.25, 0.3) is 0 Å². The van der Waals surface area contributed by atoms with Crippen LogP contribution in [0.1, 0.15) is 41.0 Å². The summed E-state index contributed by atoms with van der Waals surface area (Å²) >= 11 is 1.74. The number of hydrogen-bond acceptors (Lipinski definition) is 4. The van der Waals surface area contributed by atoms with Gasteiger partial charge in [-0.2, -0.15) is 5.10 Å². The monoisotopic (exact) mass is 448 g/mol. The third kappa shape index (κ3) is 5.45. The highest BCUT2D eigenvalue weighted by atomic mass is 127. The lowest BCUT2D eigenvalue weighted by Gasteiger charge is -2.10. The van der Waals surface area contributed by atoms with Crippen molar-refractivity contribution in [3.63, 3.8) is 0 Å². The van der Waals surface area contributed by atoms with Crippen LogP contribution in [0, 0.1) is 6.92 Å². The summed E-state index contributed by atoms with van der Waals surface area (Å²) in [4.78, 5) is 10.2.